The monoisotopic (exact) mass is 316 g/mol. The molecule has 0 radical (unpaired) electrons. The average molecular weight is 316 g/mol. The molecule has 118 valence electrons. The van der Waals surface area contributed by atoms with E-state index in [4.69, 9.17) is 5.11 Å². The summed E-state index contributed by atoms with van der Waals surface area (Å²) in [4.78, 5) is 35.9. The Labute approximate surface area is 129 Å². The third kappa shape index (κ3) is 2.39. The van der Waals surface area contributed by atoms with Crippen LogP contribution in [0.15, 0.2) is 30.6 Å². The predicted molar refractivity (Wildman–Crippen MR) is 74.4 cm³/mol. The van der Waals surface area contributed by atoms with Crippen molar-refractivity contribution in [2.75, 3.05) is 6.54 Å². The van der Waals surface area contributed by atoms with Gasteiger partial charge in [0, 0.05) is 0 Å². The molecule has 10 heteroatoms. The molecule has 2 aromatic rings. The van der Waals surface area contributed by atoms with Crippen LogP contribution in [0, 0.1) is 0 Å². The number of aliphatic carboxylic acids is 1. The van der Waals surface area contributed by atoms with E-state index in [1.165, 1.54) is 17.9 Å². The number of rotatable bonds is 4. The van der Waals surface area contributed by atoms with Gasteiger partial charge in [-0.25, -0.2) is 9.48 Å². The van der Waals surface area contributed by atoms with E-state index in [1.807, 2.05) is 0 Å². The van der Waals surface area contributed by atoms with E-state index < -0.39 is 30.0 Å². The smallest absolute Gasteiger partial charge is 0.325 e. The largest absolute Gasteiger partial charge is 0.480 e. The van der Waals surface area contributed by atoms with Crippen LogP contribution in [0.4, 0.5) is 4.79 Å². The molecule has 1 fully saturated rings. The highest BCUT2D eigenvalue weighted by molar-refractivity contribution is 6.08. The predicted octanol–water partition coefficient (Wildman–Crippen LogP) is -0.486. The zero-order valence-corrected chi connectivity index (χ0v) is 12.0. The summed E-state index contributed by atoms with van der Waals surface area (Å²) in [7, 11) is 0. The van der Waals surface area contributed by atoms with Crippen LogP contribution in [0.2, 0.25) is 0 Å². The molecule has 1 saturated heterocycles. The Morgan fingerprint density at radius 1 is 1.39 bits per heavy atom. The number of urea groups is 1. The molecule has 1 aromatic heterocycles. The summed E-state index contributed by atoms with van der Waals surface area (Å²) in [6, 6.07) is 6.00. The molecular weight excluding hydrogens is 304 g/mol. The van der Waals surface area contributed by atoms with Crippen molar-refractivity contribution < 1.29 is 19.5 Å². The summed E-state index contributed by atoms with van der Waals surface area (Å²) in [6.45, 7) is 0.834. The molecule has 1 aliphatic heterocycles. The third-order valence-corrected chi connectivity index (χ3v) is 3.61. The number of hydrogen-bond donors (Lipinski definition) is 2. The fourth-order valence-electron chi connectivity index (χ4n) is 2.41. The molecule has 0 bridgehead atoms. The van der Waals surface area contributed by atoms with E-state index >= 15 is 0 Å². The number of carbonyl (C=O) groups is 3. The molecule has 0 aliphatic carbocycles. The fraction of sp³-hybridized carbons (Fsp3) is 0.231. The maximum absolute atomic E-state index is 12.5. The van der Waals surface area contributed by atoms with E-state index in [9.17, 15) is 14.4 Å². The van der Waals surface area contributed by atoms with Crippen LogP contribution in [0.5, 0.6) is 0 Å². The normalized spacial score (nSPS) is 20.7. The number of nitrogens with zero attached hydrogens (tertiary/aromatic N) is 5. The first-order valence-corrected chi connectivity index (χ1v) is 6.61. The molecular formula is C13H12N6O4. The third-order valence-electron chi connectivity index (χ3n) is 3.61. The van der Waals surface area contributed by atoms with Crippen molar-refractivity contribution in [2.45, 2.75) is 12.5 Å². The first-order valence-electron chi connectivity index (χ1n) is 6.61. The second-order valence-electron chi connectivity index (χ2n) is 5.14. The topological polar surface area (TPSA) is 130 Å². The summed E-state index contributed by atoms with van der Waals surface area (Å²) in [5, 5.41) is 22.2. The van der Waals surface area contributed by atoms with Gasteiger partial charge in [0.1, 0.15) is 18.4 Å². The summed E-state index contributed by atoms with van der Waals surface area (Å²) in [6.07, 6.45) is 1.40. The molecule has 2 heterocycles. The Morgan fingerprint density at radius 2 is 2.17 bits per heavy atom. The van der Waals surface area contributed by atoms with Crippen molar-refractivity contribution in [3.63, 3.8) is 0 Å². The van der Waals surface area contributed by atoms with Crippen LogP contribution in [0.3, 0.4) is 0 Å². The minimum Gasteiger partial charge on any atom is -0.480 e. The van der Waals surface area contributed by atoms with Crippen molar-refractivity contribution in [2.24, 2.45) is 0 Å². The number of amides is 3. The highest BCUT2D eigenvalue weighted by atomic mass is 16.4. The van der Waals surface area contributed by atoms with Gasteiger partial charge < -0.3 is 10.4 Å². The summed E-state index contributed by atoms with van der Waals surface area (Å²) >= 11 is 0. The van der Waals surface area contributed by atoms with Crippen LogP contribution in [-0.4, -0.2) is 54.7 Å². The molecule has 0 saturated carbocycles. The van der Waals surface area contributed by atoms with E-state index in [2.05, 4.69) is 20.8 Å². The standard InChI is InChI=1S/C13H12N6O4/c1-13(11(22)18(6-10(20)21)12(23)15-13)8-3-2-4-9(5-8)19-7-14-16-17-19/h2-5,7H,6H2,1H3,(H,15,23)(H,20,21)/t13-/m0/s1. The summed E-state index contributed by atoms with van der Waals surface area (Å²) in [5.41, 5.74) is -0.250. The molecule has 1 aromatic carbocycles. The van der Waals surface area contributed by atoms with Crippen LogP contribution in [0.1, 0.15) is 12.5 Å². The number of benzene rings is 1. The minimum atomic E-state index is -1.35. The van der Waals surface area contributed by atoms with Crippen LogP contribution in [0.25, 0.3) is 5.69 Å². The molecule has 3 rings (SSSR count). The van der Waals surface area contributed by atoms with Gasteiger partial charge in [0.05, 0.1) is 5.69 Å². The first kappa shape index (κ1) is 14.6. The lowest BCUT2D eigenvalue weighted by atomic mass is 9.91. The molecule has 3 amide bonds. The first-order chi connectivity index (χ1) is 10.9. The number of aromatic nitrogens is 4. The molecule has 0 unspecified atom stereocenters. The van der Waals surface area contributed by atoms with Gasteiger partial charge in [-0.1, -0.05) is 12.1 Å². The number of imide groups is 1. The SMILES string of the molecule is C[C@@]1(c2cccc(-n3cnnn3)c2)NC(=O)N(CC(=O)O)C1=O. The Hall–Kier alpha value is -3.30. The summed E-state index contributed by atoms with van der Waals surface area (Å²) in [5.74, 6) is -1.89. The fourth-order valence-corrected chi connectivity index (χ4v) is 2.41. The Morgan fingerprint density at radius 3 is 2.83 bits per heavy atom. The van der Waals surface area contributed by atoms with E-state index in [0.29, 0.717) is 16.2 Å². The molecule has 1 aliphatic rings. The highest BCUT2D eigenvalue weighted by Gasteiger charge is 2.49. The van der Waals surface area contributed by atoms with Gasteiger partial charge in [-0.2, -0.15) is 0 Å². The number of nitrogens with one attached hydrogen (secondary N) is 1. The minimum absolute atomic E-state index is 0.497. The highest BCUT2D eigenvalue weighted by Crippen LogP contribution is 2.29. The molecule has 23 heavy (non-hydrogen) atoms. The number of hydrogen-bond acceptors (Lipinski definition) is 6. The maximum atomic E-state index is 12.5. The lowest BCUT2D eigenvalue weighted by molar-refractivity contribution is -0.142. The number of carboxylic acid groups (broad SMARTS) is 1. The maximum Gasteiger partial charge on any atom is 0.325 e. The number of carbonyl (C=O) groups excluding carboxylic acids is 2. The van der Waals surface area contributed by atoms with Gasteiger partial charge in [0.25, 0.3) is 5.91 Å². The van der Waals surface area contributed by atoms with Gasteiger partial charge in [-0.05, 0) is 35.0 Å². The molecule has 2 N–H and O–H groups in total. The van der Waals surface area contributed by atoms with Crippen molar-refractivity contribution in [1.82, 2.24) is 30.4 Å². The average Bonchev–Trinajstić information content (AvgIpc) is 3.12. The number of carboxylic acids is 1. The Balaban J connectivity index is 1.98. The molecule has 0 spiro atoms. The van der Waals surface area contributed by atoms with Crippen molar-refractivity contribution >= 4 is 17.9 Å². The van der Waals surface area contributed by atoms with E-state index in [-0.39, 0.29) is 0 Å². The zero-order chi connectivity index (χ0) is 16.6. The van der Waals surface area contributed by atoms with Crippen LogP contribution < -0.4 is 5.32 Å². The molecule has 10 nitrogen and oxygen atoms in total. The molecule has 1 atom stereocenters. The van der Waals surface area contributed by atoms with E-state index in [1.54, 1.807) is 24.3 Å². The van der Waals surface area contributed by atoms with Gasteiger partial charge in [-0.3, -0.25) is 14.5 Å². The summed E-state index contributed by atoms with van der Waals surface area (Å²) < 4.78 is 1.41. The van der Waals surface area contributed by atoms with Crippen molar-refractivity contribution in [3.05, 3.63) is 36.2 Å². The van der Waals surface area contributed by atoms with Gasteiger partial charge >= 0.3 is 12.0 Å². The number of tetrazole rings is 1. The van der Waals surface area contributed by atoms with Gasteiger partial charge in [0.15, 0.2) is 0 Å². The van der Waals surface area contributed by atoms with Crippen molar-refractivity contribution in [3.8, 4) is 5.69 Å². The Kier molecular flexibility index (Phi) is 3.28. The van der Waals surface area contributed by atoms with Crippen LogP contribution >= 0.6 is 0 Å². The Bertz CT molecular complexity index is 790. The second kappa shape index (κ2) is 5.16. The second-order valence-corrected chi connectivity index (χ2v) is 5.14. The van der Waals surface area contributed by atoms with E-state index in [0.717, 1.165) is 0 Å². The van der Waals surface area contributed by atoms with Gasteiger partial charge in [-0.15, -0.1) is 5.10 Å². The quantitative estimate of drug-likeness (QED) is 0.728. The van der Waals surface area contributed by atoms with Crippen molar-refractivity contribution in [1.29, 1.82) is 0 Å². The van der Waals surface area contributed by atoms with Gasteiger partial charge in [0.2, 0.25) is 0 Å². The lowest BCUT2D eigenvalue weighted by Gasteiger charge is -2.22. The lowest BCUT2D eigenvalue weighted by Crippen LogP contribution is -2.41. The zero-order valence-electron chi connectivity index (χ0n) is 12.0. The van der Waals surface area contributed by atoms with Crippen LogP contribution in [-0.2, 0) is 15.1 Å².